The van der Waals surface area contributed by atoms with Gasteiger partial charge in [0.25, 0.3) is 5.91 Å². The van der Waals surface area contributed by atoms with E-state index in [1.165, 1.54) is 6.92 Å². The number of piperidine rings is 3. The summed E-state index contributed by atoms with van der Waals surface area (Å²) in [4.78, 5) is 26.2. The Labute approximate surface area is 168 Å². The molecule has 3 aliphatic heterocycles. The predicted octanol–water partition coefficient (Wildman–Crippen LogP) is 3.11. The maximum Gasteiger partial charge on any atom is 0.251 e. The molecule has 0 saturated carbocycles. The second kappa shape index (κ2) is 7.89. The number of ether oxygens (including phenoxy) is 1. The summed E-state index contributed by atoms with van der Waals surface area (Å²) in [5.74, 6) is 1.38. The molecule has 28 heavy (non-hydrogen) atoms. The summed E-state index contributed by atoms with van der Waals surface area (Å²) in [7, 11) is 0. The summed E-state index contributed by atoms with van der Waals surface area (Å²) in [5.41, 5.74) is 0.619. The Bertz CT molecular complexity index is 857. The minimum Gasteiger partial charge on any atom is -0.438 e. The van der Waals surface area contributed by atoms with Gasteiger partial charge in [0, 0.05) is 30.6 Å². The molecule has 7 nitrogen and oxygen atoms in total. The number of benzene rings is 1. The van der Waals surface area contributed by atoms with Crippen molar-refractivity contribution in [1.82, 2.24) is 14.6 Å². The third-order valence-electron chi connectivity index (χ3n) is 5.60. The summed E-state index contributed by atoms with van der Waals surface area (Å²) in [6.45, 7) is 5.94. The van der Waals surface area contributed by atoms with Gasteiger partial charge < -0.3 is 15.4 Å². The van der Waals surface area contributed by atoms with E-state index in [0.29, 0.717) is 34.2 Å². The summed E-state index contributed by atoms with van der Waals surface area (Å²) in [5, 5.41) is 6.53. The first-order chi connectivity index (χ1) is 13.5. The average Bonchev–Trinajstić information content (AvgIpc) is 3.11. The molecule has 0 spiro atoms. The van der Waals surface area contributed by atoms with Gasteiger partial charge in [-0.25, -0.2) is 0 Å². The monoisotopic (exact) mass is 400 g/mol. The summed E-state index contributed by atoms with van der Waals surface area (Å²) >= 11 is 1.16. The number of carbonyl (C=O) groups is 2. The molecule has 2 amide bonds. The Morgan fingerprint density at radius 3 is 2.57 bits per heavy atom. The topological polar surface area (TPSA) is 83.6 Å². The molecule has 2 atom stereocenters. The molecule has 5 rings (SSSR count). The van der Waals surface area contributed by atoms with E-state index in [2.05, 4.69) is 26.8 Å². The molecule has 8 heteroatoms. The van der Waals surface area contributed by atoms with Gasteiger partial charge in [-0.1, -0.05) is 0 Å². The van der Waals surface area contributed by atoms with E-state index in [-0.39, 0.29) is 17.9 Å². The smallest absolute Gasteiger partial charge is 0.251 e. The van der Waals surface area contributed by atoms with Crippen LogP contribution in [0, 0.1) is 5.92 Å². The molecule has 0 unspecified atom stereocenters. The van der Waals surface area contributed by atoms with Crippen LogP contribution >= 0.6 is 11.5 Å². The van der Waals surface area contributed by atoms with Crippen LogP contribution in [-0.4, -0.2) is 46.3 Å². The largest absolute Gasteiger partial charge is 0.438 e. The normalized spacial score (nSPS) is 25.9. The van der Waals surface area contributed by atoms with Crippen LogP contribution in [-0.2, 0) is 4.79 Å². The lowest BCUT2D eigenvalue weighted by Crippen LogP contribution is -2.62. The Morgan fingerprint density at radius 2 is 1.93 bits per heavy atom. The van der Waals surface area contributed by atoms with Crippen LogP contribution in [0.15, 0.2) is 30.3 Å². The van der Waals surface area contributed by atoms with Crippen molar-refractivity contribution >= 4 is 28.3 Å². The van der Waals surface area contributed by atoms with E-state index < -0.39 is 0 Å². The highest BCUT2D eigenvalue weighted by Crippen LogP contribution is 2.32. The van der Waals surface area contributed by atoms with Gasteiger partial charge >= 0.3 is 0 Å². The molecule has 3 fully saturated rings. The molecule has 148 valence electrons. The molecule has 3 saturated heterocycles. The lowest BCUT2D eigenvalue weighted by Gasteiger charge is -2.49. The fourth-order valence-corrected chi connectivity index (χ4v) is 4.74. The third kappa shape index (κ3) is 4.02. The third-order valence-corrected chi connectivity index (χ3v) is 6.29. The van der Waals surface area contributed by atoms with Crippen LogP contribution in [0.3, 0.4) is 0 Å². The van der Waals surface area contributed by atoms with Gasteiger partial charge in [-0.3, -0.25) is 14.5 Å². The molecule has 2 aromatic rings. The van der Waals surface area contributed by atoms with Crippen molar-refractivity contribution in [3.8, 4) is 11.6 Å². The van der Waals surface area contributed by atoms with Gasteiger partial charge in [0.2, 0.25) is 11.8 Å². The average molecular weight is 401 g/mol. The van der Waals surface area contributed by atoms with Crippen molar-refractivity contribution in [2.75, 3.05) is 18.4 Å². The highest BCUT2D eigenvalue weighted by Gasteiger charge is 2.40. The minimum atomic E-state index is -0.150. The van der Waals surface area contributed by atoms with Crippen LogP contribution in [0.4, 0.5) is 5.00 Å². The first-order valence-electron chi connectivity index (χ1n) is 9.57. The maximum atomic E-state index is 12.7. The number of aromatic nitrogens is 1. The Kier molecular flexibility index (Phi) is 5.32. The quantitative estimate of drug-likeness (QED) is 0.806. The number of nitrogens with zero attached hydrogens (tertiary/aromatic N) is 2. The van der Waals surface area contributed by atoms with Crippen LogP contribution in [0.1, 0.15) is 37.0 Å². The number of fused-ring (bicyclic) bond motifs is 3. The van der Waals surface area contributed by atoms with Gasteiger partial charge in [0.15, 0.2) is 0 Å². The lowest BCUT2D eigenvalue weighted by molar-refractivity contribution is -0.114. The van der Waals surface area contributed by atoms with E-state index in [0.717, 1.165) is 37.5 Å². The van der Waals surface area contributed by atoms with Crippen LogP contribution in [0.2, 0.25) is 0 Å². The highest BCUT2D eigenvalue weighted by molar-refractivity contribution is 7.10. The maximum absolute atomic E-state index is 12.7. The summed E-state index contributed by atoms with van der Waals surface area (Å²) in [6, 6.07) is 9.31. The first kappa shape index (κ1) is 18.9. The van der Waals surface area contributed by atoms with E-state index in [1.807, 2.05) is 0 Å². The molecule has 0 radical (unpaired) electrons. The number of carbonyl (C=O) groups excluding carboxylic acids is 2. The van der Waals surface area contributed by atoms with Crippen LogP contribution < -0.4 is 15.4 Å². The van der Waals surface area contributed by atoms with Gasteiger partial charge in [0.1, 0.15) is 10.8 Å². The summed E-state index contributed by atoms with van der Waals surface area (Å²) < 4.78 is 9.84. The number of rotatable bonds is 5. The van der Waals surface area contributed by atoms with Crippen molar-refractivity contribution in [2.24, 2.45) is 5.92 Å². The highest BCUT2D eigenvalue weighted by atomic mass is 32.1. The van der Waals surface area contributed by atoms with Crippen molar-refractivity contribution < 1.29 is 14.3 Å². The molecule has 4 heterocycles. The van der Waals surface area contributed by atoms with Gasteiger partial charge in [-0.05, 0) is 74.6 Å². The van der Waals surface area contributed by atoms with Crippen molar-refractivity contribution in [2.45, 2.75) is 38.8 Å². The molecule has 2 N–H and O–H groups in total. The van der Waals surface area contributed by atoms with Gasteiger partial charge in [-0.2, -0.15) is 4.37 Å². The van der Waals surface area contributed by atoms with E-state index >= 15 is 0 Å². The molecule has 2 bridgehead atoms. The number of anilines is 1. The number of hydrogen-bond donors (Lipinski definition) is 2. The molecular weight excluding hydrogens is 376 g/mol. The first-order valence-corrected chi connectivity index (χ1v) is 10.3. The zero-order valence-electron chi connectivity index (χ0n) is 16.0. The molecule has 3 aliphatic rings. The van der Waals surface area contributed by atoms with E-state index in [1.54, 1.807) is 30.3 Å². The van der Waals surface area contributed by atoms with Gasteiger partial charge in [0.05, 0.1) is 0 Å². The zero-order valence-corrected chi connectivity index (χ0v) is 16.8. The SMILES string of the molecule is CC(=O)Nc1cc(Oc2ccc(C(=O)N[C@@H]3C4CCN(CC4)[C@@H]3C)cc2)ns1. The number of hydrogen-bond acceptors (Lipinski definition) is 6. The molecular formula is C20H24N4O3S. The van der Waals surface area contributed by atoms with Crippen LogP contribution in [0.25, 0.3) is 0 Å². The molecule has 0 aliphatic carbocycles. The Morgan fingerprint density at radius 1 is 1.21 bits per heavy atom. The van der Waals surface area contributed by atoms with Crippen molar-refractivity contribution in [3.05, 3.63) is 35.9 Å². The number of nitrogens with one attached hydrogen (secondary N) is 2. The zero-order chi connectivity index (χ0) is 19.7. The van der Waals surface area contributed by atoms with Crippen LogP contribution in [0.5, 0.6) is 11.6 Å². The Balaban J connectivity index is 1.37. The second-order valence-electron chi connectivity index (χ2n) is 7.45. The summed E-state index contributed by atoms with van der Waals surface area (Å²) in [6.07, 6.45) is 2.33. The lowest BCUT2D eigenvalue weighted by atomic mass is 9.79. The Hall–Kier alpha value is -2.45. The predicted molar refractivity (Wildman–Crippen MR) is 108 cm³/mol. The van der Waals surface area contributed by atoms with E-state index in [9.17, 15) is 9.59 Å². The molecule has 1 aromatic heterocycles. The molecule has 1 aromatic carbocycles. The van der Waals surface area contributed by atoms with Crippen molar-refractivity contribution in [1.29, 1.82) is 0 Å². The number of amides is 2. The van der Waals surface area contributed by atoms with E-state index in [4.69, 9.17) is 4.74 Å². The minimum absolute atomic E-state index is 0.0428. The fraction of sp³-hybridized carbons (Fsp3) is 0.450. The fourth-order valence-electron chi connectivity index (χ4n) is 4.11. The standard InChI is InChI=1S/C20H24N4O3S/c1-12-19(14-7-9-24(12)10-8-14)22-20(26)15-3-5-16(6-4-15)27-17-11-18(28-23-17)21-13(2)25/h3-6,11-12,14,19H,7-10H2,1-2H3,(H,21,25)(H,22,26)/t12-,19+/m1/s1. The van der Waals surface area contributed by atoms with Gasteiger partial charge in [-0.15, -0.1) is 0 Å². The van der Waals surface area contributed by atoms with Crippen molar-refractivity contribution in [3.63, 3.8) is 0 Å². The second-order valence-corrected chi connectivity index (χ2v) is 8.26.